The van der Waals surface area contributed by atoms with Crippen molar-refractivity contribution in [2.24, 2.45) is 0 Å². The molecule has 0 bridgehead atoms. The van der Waals surface area contributed by atoms with Gasteiger partial charge in [-0.3, -0.25) is 4.89 Å². The first-order chi connectivity index (χ1) is 5.66. The predicted molar refractivity (Wildman–Crippen MR) is 43.2 cm³/mol. The van der Waals surface area contributed by atoms with Gasteiger partial charge in [0.1, 0.15) is 0 Å². The Morgan fingerprint density at radius 3 is 1.92 bits per heavy atom. The standard InChI is InChI=1S/C6H5Cl.CH2O4/c7-6-4-2-1-3-5-6;2-1(3)5-4/h1-5H;4H,(H,2,3). The van der Waals surface area contributed by atoms with Gasteiger partial charge in [-0.2, -0.15) is 5.26 Å². The third-order valence-electron chi connectivity index (χ3n) is 0.811. The highest BCUT2D eigenvalue weighted by Gasteiger charge is 1.84. The first-order valence-corrected chi connectivity index (χ1v) is 3.29. The van der Waals surface area contributed by atoms with E-state index in [1.54, 1.807) is 0 Å². The molecule has 1 rings (SSSR count). The van der Waals surface area contributed by atoms with E-state index in [1.165, 1.54) is 0 Å². The second-order valence-corrected chi connectivity index (χ2v) is 2.09. The van der Waals surface area contributed by atoms with Crippen molar-refractivity contribution in [2.75, 3.05) is 0 Å². The van der Waals surface area contributed by atoms with Gasteiger partial charge in [0.25, 0.3) is 0 Å². The van der Waals surface area contributed by atoms with E-state index in [1.807, 2.05) is 30.3 Å². The summed E-state index contributed by atoms with van der Waals surface area (Å²) in [5.41, 5.74) is 0. The monoisotopic (exact) mass is 190 g/mol. The van der Waals surface area contributed by atoms with Crippen LogP contribution in [0, 0.1) is 0 Å². The first kappa shape index (κ1) is 10.7. The molecule has 0 saturated carbocycles. The average Bonchev–Trinajstić information content (AvgIpc) is 2.07. The van der Waals surface area contributed by atoms with E-state index in [4.69, 9.17) is 26.8 Å². The maximum absolute atomic E-state index is 8.90. The Balaban J connectivity index is 0.000000217. The summed E-state index contributed by atoms with van der Waals surface area (Å²) in [6, 6.07) is 9.44. The molecule has 0 fully saturated rings. The summed E-state index contributed by atoms with van der Waals surface area (Å²) in [6.07, 6.45) is -1.69. The number of carboxylic acid groups (broad SMARTS) is 1. The van der Waals surface area contributed by atoms with Crippen LogP contribution in [0.2, 0.25) is 5.02 Å². The molecule has 0 atom stereocenters. The van der Waals surface area contributed by atoms with Crippen molar-refractivity contribution in [3.05, 3.63) is 35.4 Å². The van der Waals surface area contributed by atoms with Crippen molar-refractivity contribution < 1.29 is 20.0 Å². The molecular weight excluding hydrogens is 184 g/mol. The summed E-state index contributed by atoms with van der Waals surface area (Å²) >= 11 is 5.54. The van der Waals surface area contributed by atoms with Crippen LogP contribution >= 0.6 is 11.6 Å². The highest BCUT2D eigenvalue weighted by Crippen LogP contribution is 2.03. The van der Waals surface area contributed by atoms with Crippen LogP contribution in [0.25, 0.3) is 0 Å². The lowest BCUT2D eigenvalue weighted by Gasteiger charge is -1.80. The Hall–Kier alpha value is -1.26. The smallest absolute Gasteiger partial charge is 0.448 e. The third-order valence-corrected chi connectivity index (χ3v) is 1.06. The average molecular weight is 191 g/mol. The first-order valence-electron chi connectivity index (χ1n) is 2.91. The van der Waals surface area contributed by atoms with Crippen molar-refractivity contribution >= 4 is 17.8 Å². The van der Waals surface area contributed by atoms with E-state index in [-0.39, 0.29) is 0 Å². The molecule has 4 nitrogen and oxygen atoms in total. The Morgan fingerprint density at radius 2 is 1.75 bits per heavy atom. The number of benzene rings is 1. The number of carbonyl (C=O) groups is 1. The fourth-order valence-corrected chi connectivity index (χ4v) is 0.560. The Morgan fingerprint density at radius 1 is 1.33 bits per heavy atom. The highest BCUT2D eigenvalue weighted by molar-refractivity contribution is 6.30. The third kappa shape index (κ3) is 6.85. The molecule has 1 aromatic rings. The molecule has 2 N–H and O–H groups in total. The minimum absolute atomic E-state index is 0.794. The van der Waals surface area contributed by atoms with Crippen molar-refractivity contribution in [3.8, 4) is 0 Å². The Bertz CT molecular complexity index is 224. The fourth-order valence-electron chi connectivity index (χ4n) is 0.415. The zero-order chi connectivity index (χ0) is 9.40. The van der Waals surface area contributed by atoms with Gasteiger partial charge >= 0.3 is 6.16 Å². The summed E-state index contributed by atoms with van der Waals surface area (Å²) in [5, 5.41) is 15.1. The summed E-state index contributed by atoms with van der Waals surface area (Å²) in [4.78, 5) is 11.6. The van der Waals surface area contributed by atoms with Gasteiger partial charge in [0.05, 0.1) is 0 Å². The molecule has 0 aliphatic carbocycles. The topological polar surface area (TPSA) is 66.8 Å². The highest BCUT2D eigenvalue weighted by atomic mass is 35.5. The van der Waals surface area contributed by atoms with Crippen LogP contribution in [0.5, 0.6) is 0 Å². The lowest BCUT2D eigenvalue weighted by molar-refractivity contribution is -0.194. The van der Waals surface area contributed by atoms with E-state index in [0.717, 1.165) is 5.02 Å². The zero-order valence-electron chi connectivity index (χ0n) is 5.98. The molecule has 1 aromatic carbocycles. The Kier molecular flexibility index (Phi) is 5.77. The van der Waals surface area contributed by atoms with Gasteiger partial charge in [-0.25, -0.2) is 4.79 Å². The number of hydrogen-bond donors (Lipinski definition) is 2. The molecule has 0 aromatic heterocycles. The minimum Gasteiger partial charge on any atom is -0.448 e. The van der Waals surface area contributed by atoms with Crippen LogP contribution in [0.3, 0.4) is 0 Å². The second-order valence-electron chi connectivity index (χ2n) is 1.65. The quantitative estimate of drug-likeness (QED) is 0.487. The molecule has 0 amide bonds. The molecule has 0 saturated heterocycles. The van der Waals surface area contributed by atoms with E-state index in [2.05, 4.69) is 4.89 Å². The fraction of sp³-hybridized carbons (Fsp3) is 0. The van der Waals surface area contributed by atoms with Crippen molar-refractivity contribution in [1.82, 2.24) is 0 Å². The van der Waals surface area contributed by atoms with Gasteiger partial charge in [0, 0.05) is 5.02 Å². The van der Waals surface area contributed by atoms with Crippen LogP contribution in [0.15, 0.2) is 30.3 Å². The molecule has 5 heteroatoms. The maximum Gasteiger partial charge on any atom is 0.537 e. The Labute approximate surface area is 73.9 Å². The van der Waals surface area contributed by atoms with Gasteiger partial charge in [0.15, 0.2) is 0 Å². The predicted octanol–water partition coefficient (Wildman–Crippen LogP) is 2.49. The van der Waals surface area contributed by atoms with Gasteiger partial charge in [-0.1, -0.05) is 29.8 Å². The SMILES string of the molecule is Clc1ccccc1.O=C(O)OO. The molecule has 0 unspecified atom stereocenters. The second kappa shape index (κ2) is 6.45. The van der Waals surface area contributed by atoms with E-state index >= 15 is 0 Å². The molecule has 0 heterocycles. The van der Waals surface area contributed by atoms with Crippen molar-refractivity contribution in [3.63, 3.8) is 0 Å². The van der Waals surface area contributed by atoms with Crippen LogP contribution in [0.4, 0.5) is 4.79 Å². The van der Waals surface area contributed by atoms with Crippen molar-refractivity contribution in [2.45, 2.75) is 0 Å². The summed E-state index contributed by atoms with van der Waals surface area (Å²) < 4.78 is 0. The lowest BCUT2D eigenvalue weighted by Crippen LogP contribution is -1.91. The van der Waals surface area contributed by atoms with E-state index in [9.17, 15) is 0 Å². The molecule has 0 aliphatic heterocycles. The number of rotatable bonds is 0. The number of halogens is 1. The van der Waals surface area contributed by atoms with Crippen molar-refractivity contribution in [1.29, 1.82) is 0 Å². The summed E-state index contributed by atoms with van der Waals surface area (Å²) in [5.74, 6) is 0. The van der Waals surface area contributed by atoms with E-state index in [0.29, 0.717) is 0 Å². The van der Waals surface area contributed by atoms with Crippen LogP contribution in [-0.4, -0.2) is 16.5 Å². The normalized spacial score (nSPS) is 7.83. The van der Waals surface area contributed by atoms with Crippen LogP contribution < -0.4 is 0 Å². The maximum atomic E-state index is 8.90. The van der Waals surface area contributed by atoms with Gasteiger partial charge in [-0.05, 0) is 12.1 Å². The molecule has 12 heavy (non-hydrogen) atoms. The van der Waals surface area contributed by atoms with Gasteiger partial charge < -0.3 is 5.11 Å². The molecule has 0 radical (unpaired) electrons. The molecule has 66 valence electrons. The zero-order valence-corrected chi connectivity index (χ0v) is 6.73. The minimum atomic E-state index is -1.69. The summed E-state index contributed by atoms with van der Waals surface area (Å²) in [6.45, 7) is 0. The number of hydrogen-bond acceptors (Lipinski definition) is 3. The molecule has 0 spiro atoms. The molecular formula is C7H7ClO4. The van der Waals surface area contributed by atoms with Gasteiger partial charge in [-0.15, -0.1) is 0 Å². The van der Waals surface area contributed by atoms with E-state index < -0.39 is 6.16 Å². The molecule has 0 aliphatic rings. The van der Waals surface area contributed by atoms with Crippen LogP contribution in [0.1, 0.15) is 0 Å². The van der Waals surface area contributed by atoms with Gasteiger partial charge in [0.2, 0.25) is 0 Å². The lowest BCUT2D eigenvalue weighted by atomic mass is 10.4. The largest absolute Gasteiger partial charge is 0.537 e. The summed E-state index contributed by atoms with van der Waals surface area (Å²) in [7, 11) is 0. The van der Waals surface area contributed by atoms with Crippen LogP contribution in [-0.2, 0) is 4.89 Å².